The van der Waals surface area contributed by atoms with Crippen LogP contribution < -0.4 is 0 Å². The predicted molar refractivity (Wildman–Crippen MR) is 111 cm³/mol. The Morgan fingerprint density at radius 2 is 1.52 bits per heavy atom. The highest BCUT2D eigenvalue weighted by molar-refractivity contribution is 9.10. The quantitative estimate of drug-likeness (QED) is 0.577. The number of rotatable bonds is 2. The Morgan fingerprint density at radius 1 is 0.926 bits per heavy atom. The van der Waals surface area contributed by atoms with E-state index >= 15 is 0 Å². The summed E-state index contributed by atoms with van der Waals surface area (Å²) in [5.74, 6) is -0.373. The van der Waals surface area contributed by atoms with Crippen molar-refractivity contribution in [1.29, 1.82) is 0 Å². The summed E-state index contributed by atoms with van der Waals surface area (Å²) in [5, 5.41) is 10.5. The van der Waals surface area contributed by atoms with E-state index in [1.54, 1.807) is 0 Å². The molecule has 27 heavy (non-hydrogen) atoms. The lowest BCUT2D eigenvalue weighted by molar-refractivity contribution is 0.101. The van der Waals surface area contributed by atoms with E-state index in [9.17, 15) is 9.90 Å². The first-order chi connectivity index (χ1) is 12.8. The normalized spacial score (nSPS) is 13.6. The number of carbonyl (C=O) groups is 1. The zero-order chi connectivity index (χ0) is 19.3. The molecule has 0 aliphatic carbocycles. The van der Waals surface area contributed by atoms with Gasteiger partial charge in [-0.05, 0) is 28.7 Å². The number of nitrogens with one attached hydrogen (secondary N) is 1. The standard InChI is InChI=1S/C22H19BrN2O2/c1-22(2,3)14-8-4-12(5-9-14)18-16-17(21(27)24-18)19(25-20(16)26)13-6-10-15(23)11-7-13/h4-11,25-26H,1-3H3. The van der Waals surface area contributed by atoms with E-state index in [1.807, 2.05) is 48.5 Å². The highest BCUT2D eigenvalue weighted by atomic mass is 79.9. The van der Waals surface area contributed by atoms with Gasteiger partial charge in [-0.25, -0.2) is 4.99 Å². The van der Waals surface area contributed by atoms with Crippen LogP contribution in [0.2, 0.25) is 0 Å². The van der Waals surface area contributed by atoms with Crippen LogP contribution in [-0.4, -0.2) is 21.7 Å². The van der Waals surface area contributed by atoms with Crippen LogP contribution in [-0.2, 0) is 5.41 Å². The summed E-state index contributed by atoms with van der Waals surface area (Å²) in [6, 6.07) is 15.6. The summed E-state index contributed by atoms with van der Waals surface area (Å²) in [6.45, 7) is 6.46. The van der Waals surface area contributed by atoms with Gasteiger partial charge in [0.25, 0.3) is 5.91 Å². The molecule has 1 aliphatic rings. The molecule has 0 bridgehead atoms. The Labute approximate surface area is 166 Å². The van der Waals surface area contributed by atoms with Crippen molar-refractivity contribution in [3.8, 4) is 17.1 Å². The lowest BCUT2D eigenvalue weighted by atomic mass is 9.86. The minimum atomic E-state index is -0.339. The molecule has 136 valence electrons. The van der Waals surface area contributed by atoms with E-state index in [1.165, 1.54) is 5.56 Å². The number of H-pyrrole nitrogens is 1. The Balaban J connectivity index is 1.80. The first-order valence-electron chi connectivity index (χ1n) is 8.71. The number of aromatic hydroxyl groups is 1. The second-order valence-electron chi connectivity index (χ2n) is 7.70. The van der Waals surface area contributed by atoms with Crippen LogP contribution >= 0.6 is 15.9 Å². The first-order valence-corrected chi connectivity index (χ1v) is 9.50. The number of fused-ring (bicyclic) bond motifs is 1. The summed E-state index contributed by atoms with van der Waals surface area (Å²) in [5.41, 5.74) is 4.87. The fourth-order valence-electron chi connectivity index (χ4n) is 3.31. The first kappa shape index (κ1) is 17.7. The molecule has 1 aliphatic heterocycles. The smallest absolute Gasteiger partial charge is 0.280 e. The molecular formula is C22H19BrN2O2. The number of aromatic nitrogens is 1. The van der Waals surface area contributed by atoms with Gasteiger partial charge in [0.2, 0.25) is 0 Å². The van der Waals surface area contributed by atoms with Gasteiger partial charge in [0.05, 0.1) is 22.5 Å². The molecule has 0 saturated heterocycles. The summed E-state index contributed by atoms with van der Waals surface area (Å²) in [4.78, 5) is 19.8. The van der Waals surface area contributed by atoms with Crippen molar-refractivity contribution in [1.82, 2.24) is 4.98 Å². The third-order valence-electron chi connectivity index (χ3n) is 4.80. The summed E-state index contributed by atoms with van der Waals surface area (Å²) in [7, 11) is 0. The Morgan fingerprint density at radius 3 is 2.11 bits per heavy atom. The Kier molecular flexibility index (Phi) is 4.07. The number of hydrogen-bond donors (Lipinski definition) is 2. The summed E-state index contributed by atoms with van der Waals surface area (Å²) >= 11 is 3.41. The topological polar surface area (TPSA) is 65.5 Å². The van der Waals surface area contributed by atoms with Crippen molar-refractivity contribution in [3.63, 3.8) is 0 Å². The van der Waals surface area contributed by atoms with Crippen LogP contribution in [0.15, 0.2) is 58.0 Å². The SMILES string of the molecule is CC(C)(C)c1ccc(C2=NC(=O)c3c(-c4ccc(Br)cc4)[nH]c(O)c32)cc1. The average Bonchev–Trinajstić information content (AvgIpc) is 3.14. The summed E-state index contributed by atoms with van der Waals surface area (Å²) < 4.78 is 0.945. The molecule has 1 amide bonds. The highest BCUT2D eigenvalue weighted by Gasteiger charge is 2.33. The molecule has 2 aromatic carbocycles. The minimum Gasteiger partial charge on any atom is -0.494 e. The number of carbonyl (C=O) groups excluding carboxylic acids is 1. The van der Waals surface area contributed by atoms with Crippen LogP contribution in [0.1, 0.15) is 47.8 Å². The molecule has 3 aromatic rings. The Bertz CT molecular complexity index is 1070. The second-order valence-corrected chi connectivity index (χ2v) is 8.61. The minimum absolute atomic E-state index is 0.0348. The zero-order valence-electron chi connectivity index (χ0n) is 15.3. The molecule has 4 nitrogen and oxygen atoms in total. The number of benzene rings is 2. The molecule has 5 heteroatoms. The van der Waals surface area contributed by atoms with Gasteiger partial charge in [0.15, 0.2) is 5.88 Å². The second kappa shape index (κ2) is 6.20. The summed E-state index contributed by atoms with van der Waals surface area (Å²) in [6.07, 6.45) is 0. The van der Waals surface area contributed by atoms with Gasteiger partial charge >= 0.3 is 0 Å². The Hall–Kier alpha value is -2.66. The fourth-order valence-corrected chi connectivity index (χ4v) is 3.58. The molecule has 1 aromatic heterocycles. The predicted octanol–water partition coefficient (Wildman–Crippen LogP) is 5.44. The van der Waals surface area contributed by atoms with Crippen molar-refractivity contribution < 1.29 is 9.90 Å². The zero-order valence-corrected chi connectivity index (χ0v) is 16.9. The number of aliphatic imine (C=N–C) groups is 1. The van der Waals surface area contributed by atoms with E-state index in [0.717, 1.165) is 15.6 Å². The van der Waals surface area contributed by atoms with E-state index in [0.29, 0.717) is 22.5 Å². The number of aromatic amines is 1. The molecule has 0 radical (unpaired) electrons. The van der Waals surface area contributed by atoms with Crippen molar-refractivity contribution >= 4 is 27.5 Å². The maximum atomic E-state index is 12.6. The molecule has 2 N–H and O–H groups in total. The van der Waals surface area contributed by atoms with Gasteiger partial charge < -0.3 is 10.1 Å². The molecular weight excluding hydrogens is 404 g/mol. The van der Waals surface area contributed by atoms with Gasteiger partial charge in [0, 0.05) is 10.0 Å². The van der Waals surface area contributed by atoms with Crippen LogP contribution in [0.3, 0.4) is 0 Å². The van der Waals surface area contributed by atoms with Crippen LogP contribution in [0.25, 0.3) is 11.3 Å². The van der Waals surface area contributed by atoms with Crippen molar-refractivity contribution in [2.75, 3.05) is 0 Å². The average molecular weight is 423 g/mol. The van der Waals surface area contributed by atoms with Crippen molar-refractivity contribution in [2.45, 2.75) is 26.2 Å². The van der Waals surface area contributed by atoms with Crippen LogP contribution in [0, 0.1) is 0 Å². The third-order valence-corrected chi connectivity index (χ3v) is 5.33. The van der Waals surface area contributed by atoms with Gasteiger partial charge in [-0.3, -0.25) is 4.79 Å². The molecule has 0 atom stereocenters. The van der Waals surface area contributed by atoms with Crippen molar-refractivity contribution in [3.05, 3.63) is 75.3 Å². The van der Waals surface area contributed by atoms with E-state index < -0.39 is 0 Å². The van der Waals surface area contributed by atoms with Gasteiger partial charge in [-0.15, -0.1) is 0 Å². The van der Waals surface area contributed by atoms with Crippen molar-refractivity contribution in [2.24, 2.45) is 4.99 Å². The number of halogens is 1. The molecule has 4 rings (SSSR count). The number of amides is 1. The maximum Gasteiger partial charge on any atom is 0.280 e. The van der Waals surface area contributed by atoms with Crippen LogP contribution in [0.5, 0.6) is 5.88 Å². The van der Waals surface area contributed by atoms with Gasteiger partial charge in [-0.1, -0.05) is 73.1 Å². The lowest BCUT2D eigenvalue weighted by Gasteiger charge is -2.19. The molecule has 0 fully saturated rings. The van der Waals surface area contributed by atoms with Gasteiger partial charge in [-0.2, -0.15) is 0 Å². The largest absolute Gasteiger partial charge is 0.494 e. The molecule has 2 heterocycles. The molecule has 0 unspecified atom stereocenters. The van der Waals surface area contributed by atoms with E-state index in [-0.39, 0.29) is 17.2 Å². The van der Waals surface area contributed by atoms with E-state index in [4.69, 9.17) is 0 Å². The van der Waals surface area contributed by atoms with Gasteiger partial charge in [0.1, 0.15) is 0 Å². The number of nitrogens with zero attached hydrogens (tertiary/aromatic N) is 1. The third kappa shape index (κ3) is 3.02. The highest BCUT2D eigenvalue weighted by Crippen LogP contribution is 2.38. The maximum absolute atomic E-state index is 12.6. The fraction of sp³-hybridized carbons (Fsp3) is 0.182. The van der Waals surface area contributed by atoms with Crippen LogP contribution in [0.4, 0.5) is 0 Å². The molecule has 0 spiro atoms. The number of hydrogen-bond acceptors (Lipinski definition) is 2. The monoisotopic (exact) mass is 422 g/mol. The molecule has 0 saturated carbocycles. The lowest BCUT2D eigenvalue weighted by Crippen LogP contribution is -2.11. The van der Waals surface area contributed by atoms with E-state index in [2.05, 4.69) is 46.7 Å².